The van der Waals surface area contributed by atoms with Crippen LogP contribution in [0.1, 0.15) is 26.2 Å². The van der Waals surface area contributed by atoms with E-state index in [0.29, 0.717) is 0 Å². The molecule has 0 radical (unpaired) electrons. The lowest BCUT2D eigenvalue weighted by Gasteiger charge is -2.23. The topological polar surface area (TPSA) is 0 Å². The smallest absolute Gasteiger partial charge is 0.0211 e. The first-order valence-corrected chi connectivity index (χ1v) is 7.15. The highest BCUT2D eigenvalue weighted by atomic mass is 32.2. The van der Waals surface area contributed by atoms with Gasteiger partial charge in [0.05, 0.1) is 0 Å². The number of hydrogen-bond donors (Lipinski definition) is 0. The third kappa shape index (κ3) is 2.48. The fourth-order valence-electron chi connectivity index (χ4n) is 1.64. The molecular formula is C12H16S2. The highest BCUT2D eigenvalue weighted by Gasteiger charge is 2.18. The lowest BCUT2D eigenvalue weighted by molar-refractivity contribution is 0.715. The van der Waals surface area contributed by atoms with Crippen molar-refractivity contribution in [3.05, 3.63) is 24.3 Å². The summed E-state index contributed by atoms with van der Waals surface area (Å²) in [5.41, 5.74) is 0. The first kappa shape index (κ1) is 10.4. The van der Waals surface area contributed by atoms with E-state index in [2.05, 4.69) is 43.0 Å². The molecule has 0 saturated heterocycles. The lowest BCUT2D eigenvalue weighted by Crippen LogP contribution is -2.10. The van der Waals surface area contributed by atoms with Crippen molar-refractivity contribution in [3.8, 4) is 0 Å². The van der Waals surface area contributed by atoms with Crippen LogP contribution in [0.5, 0.6) is 0 Å². The second-order valence-electron chi connectivity index (χ2n) is 3.64. The molecule has 0 amide bonds. The highest BCUT2D eigenvalue weighted by Crippen LogP contribution is 2.41. The minimum Gasteiger partial charge on any atom is -0.124 e. The van der Waals surface area contributed by atoms with E-state index in [1.165, 1.54) is 34.8 Å². The van der Waals surface area contributed by atoms with Crippen molar-refractivity contribution in [1.29, 1.82) is 0 Å². The van der Waals surface area contributed by atoms with E-state index in [4.69, 9.17) is 0 Å². The maximum Gasteiger partial charge on any atom is 0.0211 e. The number of rotatable bonds is 3. The summed E-state index contributed by atoms with van der Waals surface area (Å²) in [6.45, 7) is 2.27. The molecule has 0 saturated carbocycles. The lowest BCUT2D eigenvalue weighted by atomic mass is 10.2. The minimum atomic E-state index is 0.842. The van der Waals surface area contributed by atoms with Crippen LogP contribution in [0.15, 0.2) is 34.1 Å². The summed E-state index contributed by atoms with van der Waals surface area (Å²) in [5, 5.41) is 0.842. The van der Waals surface area contributed by atoms with Crippen LogP contribution in [0.25, 0.3) is 0 Å². The Morgan fingerprint density at radius 1 is 1.29 bits per heavy atom. The van der Waals surface area contributed by atoms with E-state index in [-0.39, 0.29) is 0 Å². The Hall–Kier alpha value is -0.0800. The molecule has 1 aromatic carbocycles. The summed E-state index contributed by atoms with van der Waals surface area (Å²) >= 11 is 4.10. The molecule has 0 fully saturated rings. The zero-order chi connectivity index (χ0) is 9.80. The fourth-order valence-corrected chi connectivity index (χ4v) is 4.34. The summed E-state index contributed by atoms with van der Waals surface area (Å²) in [6.07, 6.45) is 4.08. The molecule has 14 heavy (non-hydrogen) atoms. The predicted molar refractivity (Wildman–Crippen MR) is 66.3 cm³/mol. The third-order valence-corrected chi connectivity index (χ3v) is 5.37. The van der Waals surface area contributed by atoms with Crippen molar-refractivity contribution >= 4 is 23.5 Å². The van der Waals surface area contributed by atoms with Gasteiger partial charge < -0.3 is 0 Å². The van der Waals surface area contributed by atoms with Gasteiger partial charge in [-0.25, -0.2) is 0 Å². The van der Waals surface area contributed by atoms with Crippen molar-refractivity contribution in [2.45, 2.75) is 41.2 Å². The summed E-state index contributed by atoms with van der Waals surface area (Å²) in [4.78, 5) is 2.97. The SMILES string of the molecule is CCCCC1CSc2ccccc2S1. The first-order chi connectivity index (χ1) is 6.90. The van der Waals surface area contributed by atoms with Crippen LogP contribution in [-0.4, -0.2) is 11.0 Å². The quantitative estimate of drug-likeness (QED) is 0.744. The Labute approximate surface area is 94.9 Å². The highest BCUT2D eigenvalue weighted by molar-refractivity contribution is 8.06. The predicted octanol–water partition coefficient (Wildman–Crippen LogP) is 4.44. The molecule has 0 aliphatic carbocycles. The van der Waals surface area contributed by atoms with Crippen molar-refractivity contribution in [1.82, 2.24) is 0 Å². The van der Waals surface area contributed by atoms with Gasteiger partial charge in [-0.05, 0) is 18.6 Å². The zero-order valence-corrected chi connectivity index (χ0v) is 10.2. The Morgan fingerprint density at radius 3 is 2.86 bits per heavy atom. The molecular weight excluding hydrogens is 208 g/mol. The van der Waals surface area contributed by atoms with E-state index in [9.17, 15) is 0 Å². The number of benzene rings is 1. The zero-order valence-electron chi connectivity index (χ0n) is 8.53. The Kier molecular flexibility index (Phi) is 3.82. The molecule has 0 nitrogen and oxygen atoms in total. The Bertz CT molecular complexity index is 296. The number of unbranched alkanes of at least 4 members (excludes halogenated alkanes) is 1. The summed E-state index contributed by atoms with van der Waals surface area (Å²) in [6, 6.07) is 8.78. The van der Waals surface area contributed by atoms with Gasteiger partial charge in [0.25, 0.3) is 0 Å². The maximum absolute atomic E-state index is 2.27. The van der Waals surface area contributed by atoms with Crippen LogP contribution < -0.4 is 0 Å². The van der Waals surface area contributed by atoms with E-state index < -0.39 is 0 Å². The van der Waals surface area contributed by atoms with E-state index in [1.54, 1.807) is 0 Å². The summed E-state index contributed by atoms with van der Waals surface area (Å²) in [7, 11) is 0. The molecule has 0 bridgehead atoms. The van der Waals surface area contributed by atoms with Gasteiger partial charge >= 0.3 is 0 Å². The fraction of sp³-hybridized carbons (Fsp3) is 0.500. The molecule has 1 aliphatic rings. The standard InChI is InChI=1S/C12H16S2/c1-2-3-6-10-9-13-11-7-4-5-8-12(11)14-10/h4-5,7-8,10H,2-3,6,9H2,1H3. The van der Waals surface area contributed by atoms with Crippen LogP contribution in [0, 0.1) is 0 Å². The molecule has 1 unspecified atom stereocenters. The molecule has 2 heteroatoms. The van der Waals surface area contributed by atoms with Crippen molar-refractivity contribution in [3.63, 3.8) is 0 Å². The van der Waals surface area contributed by atoms with Crippen molar-refractivity contribution in [2.24, 2.45) is 0 Å². The molecule has 1 atom stereocenters. The molecule has 0 spiro atoms. The minimum absolute atomic E-state index is 0.842. The van der Waals surface area contributed by atoms with Gasteiger partial charge in [-0.2, -0.15) is 0 Å². The van der Waals surface area contributed by atoms with Crippen LogP contribution in [0.3, 0.4) is 0 Å². The molecule has 1 heterocycles. The van der Waals surface area contributed by atoms with Crippen LogP contribution >= 0.6 is 23.5 Å². The van der Waals surface area contributed by atoms with Gasteiger partial charge in [0.2, 0.25) is 0 Å². The van der Waals surface area contributed by atoms with Gasteiger partial charge in [-0.1, -0.05) is 31.9 Å². The Morgan fingerprint density at radius 2 is 2.07 bits per heavy atom. The van der Waals surface area contributed by atoms with Gasteiger partial charge in [-0.3, -0.25) is 0 Å². The van der Waals surface area contributed by atoms with Crippen LogP contribution in [0.4, 0.5) is 0 Å². The molecule has 0 aromatic heterocycles. The monoisotopic (exact) mass is 224 g/mol. The summed E-state index contributed by atoms with van der Waals surface area (Å²) in [5.74, 6) is 1.29. The van der Waals surface area contributed by atoms with E-state index in [0.717, 1.165) is 5.25 Å². The second-order valence-corrected chi connectivity index (χ2v) is 6.04. The van der Waals surface area contributed by atoms with Crippen molar-refractivity contribution in [2.75, 3.05) is 5.75 Å². The van der Waals surface area contributed by atoms with Crippen molar-refractivity contribution < 1.29 is 0 Å². The van der Waals surface area contributed by atoms with Crippen LogP contribution in [-0.2, 0) is 0 Å². The van der Waals surface area contributed by atoms with Gasteiger partial charge in [0.15, 0.2) is 0 Å². The molecule has 2 rings (SSSR count). The molecule has 0 N–H and O–H groups in total. The van der Waals surface area contributed by atoms with Gasteiger partial charge in [0, 0.05) is 20.8 Å². The number of hydrogen-bond acceptors (Lipinski definition) is 2. The average molecular weight is 224 g/mol. The normalized spacial score (nSPS) is 20.5. The Balaban J connectivity index is 1.99. The first-order valence-electron chi connectivity index (χ1n) is 5.28. The third-order valence-electron chi connectivity index (χ3n) is 2.45. The maximum atomic E-state index is 2.27. The molecule has 1 aromatic rings. The van der Waals surface area contributed by atoms with Gasteiger partial charge in [0.1, 0.15) is 0 Å². The van der Waals surface area contributed by atoms with E-state index >= 15 is 0 Å². The van der Waals surface area contributed by atoms with Crippen LogP contribution in [0.2, 0.25) is 0 Å². The summed E-state index contributed by atoms with van der Waals surface area (Å²) < 4.78 is 0. The molecule has 1 aliphatic heterocycles. The second kappa shape index (κ2) is 5.13. The number of fused-ring (bicyclic) bond motifs is 1. The van der Waals surface area contributed by atoms with Gasteiger partial charge in [-0.15, -0.1) is 23.5 Å². The van der Waals surface area contributed by atoms with E-state index in [1.807, 2.05) is 11.8 Å². The largest absolute Gasteiger partial charge is 0.124 e. The average Bonchev–Trinajstić information content (AvgIpc) is 2.26. The number of thioether (sulfide) groups is 2. The molecule has 76 valence electrons.